The number of amides is 2. The predicted molar refractivity (Wildman–Crippen MR) is 80.0 cm³/mol. The van der Waals surface area contributed by atoms with Gasteiger partial charge < -0.3 is 15.5 Å². The van der Waals surface area contributed by atoms with Crippen LogP contribution in [0.2, 0.25) is 0 Å². The minimum Gasteiger partial charge on any atom is -0.346 e. The van der Waals surface area contributed by atoms with Gasteiger partial charge in [-0.3, -0.25) is 14.5 Å². The number of rotatable bonds is 4. The molecule has 2 N–H and O–H groups in total. The molecule has 6 nitrogen and oxygen atoms in total. The minimum absolute atomic E-state index is 0. The lowest BCUT2D eigenvalue weighted by molar-refractivity contribution is -0.132. The molecule has 0 saturated carbocycles. The molecule has 2 saturated heterocycles. The van der Waals surface area contributed by atoms with E-state index < -0.39 is 0 Å². The molecule has 2 rings (SSSR count). The molecule has 0 bridgehead atoms. The van der Waals surface area contributed by atoms with Crippen molar-refractivity contribution in [2.45, 2.75) is 19.3 Å². The molecule has 0 aliphatic carbocycles. The predicted octanol–water partition coefficient (Wildman–Crippen LogP) is -0.558. The van der Waals surface area contributed by atoms with Crippen molar-refractivity contribution in [2.75, 3.05) is 52.4 Å². The highest BCUT2D eigenvalue weighted by Gasteiger charge is 2.19. The lowest BCUT2D eigenvalue weighted by atomic mass is 10.4. The fourth-order valence-electron chi connectivity index (χ4n) is 2.57. The van der Waals surface area contributed by atoms with Crippen LogP contribution >= 0.6 is 12.4 Å². The van der Waals surface area contributed by atoms with E-state index in [9.17, 15) is 9.59 Å². The van der Waals surface area contributed by atoms with Gasteiger partial charge in [-0.15, -0.1) is 12.4 Å². The maximum absolute atomic E-state index is 11.8. The molecular formula is C13H25ClN4O2. The molecule has 0 aromatic rings. The Morgan fingerprint density at radius 2 is 1.75 bits per heavy atom. The zero-order chi connectivity index (χ0) is 13.5. The number of hydrogen-bond acceptors (Lipinski definition) is 4. The molecule has 2 aliphatic heterocycles. The van der Waals surface area contributed by atoms with Gasteiger partial charge in [0.15, 0.2) is 0 Å². The molecule has 0 unspecified atom stereocenters. The Bertz CT molecular complexity index is 313. The van der Waals surface area contributed by atoms with E-state index in [0.29, 0.717) is 6.54 Å². The number of nitrogens with one attached hydrogen (secondary N) is 2. The van der Waals surface area contributed by atoms with E-state index in [-0.39, 0.29) is 30.8 Å². The summed E-state index contributed by atoms with van der Waals surface area (Å²) in [7, 11) is 0. The smallest absolute Gasteiger partial charge is 0.241 e. The summed E-state index contributed by atoms with van der Waals surface area (Å²) in [5.41, 5.74) is 0. The molecule has 7 heteroatoms. The number of hydrogen-bond donors (Lipinski definition) is 2. The van der Waals surface area contributed by atoms with Crippen LogP contribution in [-0.2, 0) is 9.59 Å². The summed E-state index contributed by atoms with van der Waals surface area (Å²) >= 11 is 0. The summed E-state index contributed by atoms with van der Waals surface area (Å²) in [5.74, 6) is -0.00201. The summed E-state index contributed by atoms with van der Waals surface area (Å²) < 4.78 is 0. The van der Waals surface area contributed by atoms with Crippen LogP contribution in [0, 0.1) is 0 Å². The first-order valence-electron chi connectivity index (χ1n) is 7.23. The minimum atomic E-state index is -0.0468. The van der Waals surface area contributed by atoms with E-state index in [2.05, 4.69) is 15.5 Å². The van der Waals surface area contributed by atoms with Gasteiger partial charge in [-0.05, 0) is 32.4 Å². The standard InChI is InChI=1S/C13H24N4O2.ClH/c18-12(11-16-6-3-4-14-5-9-16)15-10-13(19)17-7-1-2-8-17;/h14H,1-11H2,(H,15,18);1H. The molecule has 116 valence electrons. The lowest BCUT2D eigenvalue weighted by Crippen LogP contribution is -2.43. The van der Waals surface area contributed by atoms with E-state index >= 15 is 0 Å². The monoisotopic (exact) mass is 304 g/mol. The van der Waals surface area contributed by atoms with Gasteiger partial charge in [-0.1, -0.05) is 0 Å². The Kier molecular flexibility index (Phi) is 7.87. The number of carbonyl (C=O) groups is 2. The third kappa shape index (κ3) is 5.64. The highest BCUT2D eigenvalue weighted by atomic mass is 35.5. The molecular weight excluding hydrogens is 280 g/mol. The van der Waals surface area contributed by atoms with E-state index in [4.69, 9.17) is 0 Å². The van der Waals surface area contributed by atoms with Crippen molar-refractivity contribution < 1.29 is 9.59 Å². The molecule has 2 aliphatic rings. The normalized spacial score (nSPS) is 20.1. The SMILES string of the molecule is Cl.O=C(CN1CCCNCC1)NCC(=O)N1CCCC1. The molecule has 0 aromatic heterocycles. The summed E-state index contributed by atoms with van der Waals surface area (Å²) in [5, 5.41) is 6.04. The Hall–Kier alpha value is -0.850. The van der Waals surface area contributed by atoms with Crippen LogP contribution in [0.4, 0.5) is 0 Å². The number of nitrogens with zero attached hydrogens (tertiary/aromatic N) is 2. The van der Waals surface area contributed by atoms with Crippen LogP contribution in [0.15, 0.2) is 0 Å². The van der Waals surface area contributed by atoms with Crippen molar-refractivity contribution in [1.82, 2.24) is 20.4 Å². The second-order valence-corrected chi connectivity index (χ2v) is 5.24. The van der Waals surface area contributed by atoms with E-state index in [1.54, 1.807) is 0 Å². The second-order valence-electron chi connectivity index (χ2n) is 5.24. The van der Waals surface area contributed by atoms with E-state index in [1.165, 1.54) is 0 Å². The van der Waals surface area contributed by atoms with E-state index in [1.807, 2.05) is 4.90 Å². The van der Waals surface area contributed by atoms with Crippen molar-refractivity contribution in [3.63, 3.8) is 0 Å². The Morgan fingerprint density at radius 3 is 2.50 bits per heavy atom. The van der Waals surface area contributed by atoms with Crippen molar-refractivity contribution in [2.24, 2.45) is 0 Å². The van der Waals surface area contributed by atoms with Gasteiger partial charge in [-0.2, -0.15) is 0 Å². The van der Waals surface area contributed by atoms with Crippen molar-refractivity contribution >= 4 is 24.2 Å². The Labute approximate surface area is 126 Å². The molecule has 0 aromatic carbocycles. The second kappa shape index (κ2) is 9.15. The van der Waals surface area contributed by atoms with Crippen LogP contribution in [0.5, 0.6) is 0 Å². The number of carbonyl (C=O) groups excluding carboxylic acids is 2. The highest BCUT2D eigenvalue weighted by molar-refractivity contribution is 5.86. The third-order valence-corrected chi connectivity index (χ3v) is 3.70. The van der Waals surface area contributed by atoms with Crippen molar-refractivity contribution in [1.29, 1.82) is 0 Å². The summed E-state index contributed by atoms with van der Waals surface area (Å²) in [4.78, 5) is 27.5. The quantitative estimate of drug-likeness (QED) is 0.731. The molecule has 2 heterocycles. The first kappa shape index (κ1) is 17.2. The Morgan fingerprint density at radius 1 is 1.00 bits per heavy atom. The highest BCUT2D eigenvalue weighted by Crippen LogP contribution is 2.06. The van der Waals surface area contributed by atoms with Gasteiger partial charge in [0.05, 0.1) is 13.1 Å². The van der Waals surface area contributed by atoms with Crippen LogP contribution in [0.1, 0.15) is 19.3 Å². The van der Waals surface area contributed by atoms with E-state index in [0.717, 1.165) is 58.5 Å². The molecule has 20 heavy (non-hydrogen) atoms. The van der Waals surface area contributed by atoms with Crippen LogP contribution in [0.25, 0.3) is 0 Å². The van der Waals surface area contributed by atoms with Crippen LogP contribution in [-0.4, -0.2) is 74.0 Å². The lowest BCUT2D eigenvalue weighted by Gasteiger charge is -2.19. The third-order valence-electron chi connectivity index (χ3n) is 3.70. The number of halogens is 1. The average Bonchev–Trinajstić information content (AvgIpc) is 2.82. The number of likely N-dealkylation sites (tertiary alicyclic amines) is 1. The van der Waals surface area contributed by atoms with Gasteiger partial charge in [0.2, 0.25) is 11.8 Å². The fourth-order valence-corrected chi connectivity index (χ4v) is 2.57. The summed E-state index contributed by atoms with van der Waals surface area (Å²) in [6, 6.07) is 0. The molecule has 2 amide bonds. The fraction of sp³-hybridized carbons (Fsp3) is 0.846. The van der Waals surface area contributed by atoms with Crippen molar-refractivity contribution in [3.05, 3.63) is 0 Å². The largest absolute Gasteiger partial charge is 0.346 e. The molecule has 0 radical (unpaired) electrons. The maximum atomic E-state index is 11.8. The first-order valence-corrected chi connectivity index (χ1v) is 7.23. The zero-order valence-corrected chi connectivity index (χ0v) is 12.7. The van der Waals surface area contributed by atoms with Crippen LogP contribution in [0.3, 0.4) is 0 Å². The molecule has 0 atom stereocenters. The molecule has 0 spiro atoms. The van der Waals surface area contributed by atoms with Gasteiger partial charge in [0.25, 0.3) is 0 Å². The summed E-state index contributed by atoms with van der Waals surface area (Å²) in [6.45, 7) is 6.01. The topological polar surface area (TPSA) is 64.7 Å². The van der Waals surface area contributed by atoms with Gasteiger partial charge in [0.1, 0.15) is 0 Å². The summed E-state index contributed by atoms with van der Waals surface area (Å²) in [6.07, 6.45) is 3.24. The van der Waals surface area contributed by atoms with Gasteiger partial charge in [-0.25, -0.2) is 0 Å². The molecule has 2 fully saturated rings. The Balaban J connectivity index is 0.00000200. The zero-order valence-electron chi connectivity index (χ0n) is 11.9. The van der Waals surface area contributed by atoms with Crippen LogP contribution < -0.4 is 10.6 Å². The average molecular weight is 305 g/mol. The van der Waals surface area contributed by atoms with Gasteiger partial charge in [0, 0.05) is 26.2 Å². The first-order chi connectivity index (χ1) is 9.25. The van der Waals surface area contributed by atoms with Gasteiger partial charge >= 0.3 is 0 Å². The maximum Gasteiger partial charge on any atom is 0.241 e. The van der Waals surface area contributed by atoms with Crippen molar-refractivity contribution in [3.8, 4) is 0 Å².